The van der Waals surface area contributed by atoms with E-state index < -0.39 is 0 Å². The molecular formula is C17H24FN3O. The quantitative estimate of drug-likeness (QED) is 0.665. The summed E-state index contributed by atoms with van der Waals surface area (Å²) < 4.78 is 13.4. The predicted molar refractivity (Wildman–Crippen MR) is 85.0 cm³/mol. The van der Waals surface area contributed by atoms with Crippen LogP contribution in [0, 0.1) is 11.2 Å². The molecule has 1 aromatic carbocycles. The summed E-state index contributed by atoms with van der Waals surface area (Å²) in [5, 5.41) is 12.5. The van der Waals surface area contributed by atoms with Crippen LogP contribution >= 0.6 is 0 Å². The maximum absolute atomic E-state index is 13.4. The van der Waals surface area contributed by atoms with E-state index in [-0.39, 0.29) is 12.4 Å². The van der Waals surface area contributed by atoms with E-state index in [1.165, 1.54) is 31.7 Å². The van der Waals surface area contributed by atoms with Crippen molar-refractivity contribution in [2.45, 2.75) is 38.8 Å². The van der Waals surface area contributed by atoms with E-state index in [1.807, 2.05) is 0 Å². The minimum Gasteiger partial charge on any atom is -0.392 e. The molecule has 0 aromatic heterocycles. The number of aliphatic hydroxyl groups excluding tert-OH is 1. The van der Waals surface area contributed by atoms with Gasteiger partial charge in [-0.15, -0.1) is 0 Å². The second kappa shape index (κ2) is 6.24. The highest BCUT2D eigenvalue weighted by atomic mass is 19.1. The highest BCUT2D eigenvalue weighted by Gasteiger charge is 2.43. The van der Waals surface area contributed by atoms with Crippen LogP contribution < -0.4 is 5.32 Å². The molecule has 3 rings (SSSR count). The van der Waals surface area contributed by atoms with Crippen LogP contribution in [-0.2, 0) is 13.2 Å². The average molecular weight is 305 g/mol. The second-order valence-electron chi connectivity index (χ2n) is 6.51. The van der Waals surface area contributed by atoms with Crippen molar-refractivity contribution in [2.75, 3.05) is 20.1 Å². The molecule has 2 fully saturated rings. The first kappa shape index (κ1) is 15.3. The van der Waals surface area contributed by atoms with Crippen molar-refractivity contribution >= 4 is 5.96 Å². The van der Waals surface area contributed by atoms with Crippen molar-refractivity contribution < 1.29 is 9.50 Å². The zero-order valence-electron chi connectivity index (χ0n) is 13.1. The van der Waals surface area contributed by atoms with E-state index in [2.05, 4.69) is 15.2 Å². The summed E-state index contributed by atoms with van der Waals surface area (Å²) in [5.74, 6) is 0.556. The van der Waals surface area contributed by atoms with Gasteiger partial charge in [-0.2, -0.15) is 0 Å². The summed E-state index contributed by atoms with van der Waals surface area (Å²) in [7, 11) is 1.80. The third kappa shape index (κ3) is 2.95. The second-order valence-corrected chi connectivity index (χ2v) is 6.51. The summed E-state index contributed by atoms with van der Waals surface area (Å²) in [4.78, 5) is 6.71. The summed E-state index contributed by atoms with van der Waals surface area (Å²) in [5.41, 5.74) is 1.82. The van der Waals surface area contributed by atoms with Gasteiger partial charge in [0.15, 0.2) is 5.96 Å². The summed E-state index contributed by atoms with van der Waals surface area (Å²) in [6.07, 6.45) is 5.31. The number of aliphatic hydroxyl groups is 1. The molecule has 0 atom stereocenters. The minimum atomic E-state index is -0.359. The van der Waals surface area contributed by atoms with E-state index in [4.69, 9.17) is 5.11 Å². The molecule has 2 N–H and O–H groups in total. The van der Waals surface area contributed by atoms with E-state index in [0.717, 1.165) is 24.6 Å². The number of hydrogen-bond acceptors (Lipinski definition) is 2. The molecule has 1 aliphatic heterocycles. The van der Waals surface area contributed by atoms with Gasteiger partial charge < -0.3 is 15.3 Å². The first-order chi connectivity index (χ1) is 10.7. The first-order valence-electron chi connectivity index (χ1n) is 8.00. The molecule has 1 spiro atoms. The Hall–Kier alpha value is -1.62. The van der Waals surface area contributed by atoms with Gasteiger partial charge in [-0.3, -0.25) is 4.99 Å². The van der Waals surface area contributed by atoms with Crippen molar-refractivity contribution in [3.63, 3.8) is 0 Å². The lowest BCUT2D eigenvalue weighted by atomic mass is 9.68. The molecular weight excluding hydrogens is 281 g/mol. The number of rotatable bonds is 3. The van der Waals surface area contributed by atoms with Gasteiger partial charge in [0.05, 0.1) is 6.61 Å². The Balaban J connectivity index is 1.60. The third-order valence-corrected chi connectivity index (χ3v) is 5.09. The average Bonchev–Trinajstić information content (AvgIpc) is 2.95. The zero-order chi connectivity index (χ0) is 15.6. The van der Waals surface area contributed by atoms with E-state index >= 15 is 0 Å². The SMILES string of the molecule is CN=C(NCc1ccc(F)c(CO)c1)N1CCC2(CCC2)C1. The normalized spacial score (nSPS) is 20.3. The molecule has 0 radical (unpaired) electrons. The summed E-state index contributed by atoms with van der Waals surface area (Å²) >= 11 is 0. The van der Waals surface area contributed by atoms with Gasteiger partial charge in [-0.05, 0) is 42.4 Å². The Morgan fingerprint density at radius 2 is 2.23 bits per heavy atom. The fourth-order valence-electron chi connectivity index (χ4n) is 3.57. The van der Waals surface area contributed by atoms with E-state index in [1.54, 1.807) is 19.2 Å². The first-order valence-corrected chi connectivity index (χ1v) is 8.00. The predicted octanol–water partition coefficient (Wildman–Crippen LogP) is 2.27. The van der Waals surface area contributed by atoms with Crippen LogP contribution in [0.15, 0.2) is 23.2 Å². The van der Waals surface area contributed by atoms with E-state index in [9.17, 15) is 4.39 Å². The molecule has 0 bridgehead atoms. The number of guanidine groups is 1. The Morgan fingerprint density at radius 3 is 2.82 bits per heavy atom. The fraction of sp³-hybridized carbons (Fsp3) is 0.588. The maximum Gasteiger partial charge on any atom is 0.193 e. The molecule has 0 amide bonds. The molecule has 22 heavy (non-hydrogen) atoms. The van der Waals surface area contributed by atoms with Crippen LogP contribution in [0.4, 0.5) is 4.39 Å². The lowest BCUT2D eigenvalue weighted by Crippen LogP contribution is -2.42. The van der Waals surface area contributed by atoms with Crippen LogP contribution in [-0.4, -0.2) is 36.1 Å². The van der Waals surface area contributed by atoms with Crippen molar-refractivity contribution in [1.29, 1.82) is 0 Å². The number of benzene rings is 1. The standard InChI is InChI=1S/C17H24FN3O/c1-19-16(21-8-7-17(12-21)5-2-6-17)20-10-13-3-4-15(18)14(9-13)11-22/h3-4,9,22H,2,5-8,10-12H2,1H3,(H,19,20). The molecule has 4 nitrogen and oxygen atoms in total. The number of aliphatic imine (C=N–C) groups is 1. The van der Waals surface area contributed by atoms with Crippen molar-refractivity contribution in [3.8, 4) is 0 Å². The van der Waals surface area contributed by atoms with Crippen LogP contribution in [0.2, 0.25) is 0 Å². The zero-order valence-corrected chi connectivity index (χ0v) is 13.1. The number of nitrogens with one attached hydrogen (secondary N) is 1. The van der Waals surface area contributed by atoms with Gasteiger partial charge in [0.2, 0.25) is 0 Å². The van der Waals surface area contributed by atoms with Gasteiger partial charge in [0.1, 0.15) is 5.82 Å². The largest absolute Gasteiger partial charge is 0.392 e. The highest BCUT2D eigenvalue weighted by molar-refractivity contribution is 5.80. The number of halogens is 1. The summed E-state index contributed by atoms with van der Waals surface area (Å²) in [6.45, 7) is 2.47. The van der Waals surface area contributed by atoms with Crippen molar-refractivity contribution in [1.82, 2.24) is 10.2 Å². The van der Waals surface area contributed by atoms with Crippen LogP contribution in [0.1, 0.15) is 36.8 Å². The fourth-order valence-corrected chi connectivity index (χ4v) is 3.57. The molecule has 120 valence electrons. The van der Waals surface area contributed by atoms with Crippen LogP contribution in [0.25, 0.3) is 0 Å². The number of likely N-dealkylation sites (tertiary alicyclic amines) is 1. The Morgan fingerprint density at radius 1 is 1.41 bits per heavy atom. The maximum atomic E-state index is 13.4. The molecule has 5 heteroatoms. The smallest absolute Gasteiger partial charge is 0.193 e. The molecule has 1 saturated carbocycles. The Kier molecular flexibility index (Phi) is 4.34. The minimum absolute atomic E-state index is 0.275. The molecule has 1 saturated heterocycles. The van der Waals surface area contributed by atoms with E-state index in [0.29, 0.717) is 17.5 Å². The van der Waals surface area contributed by atoms with Gasteiger partial charge >= 0.3 is 0 Å². The van der Waals surface area contributed by atoms with Gasteiger partial charge in [-0.25, -0.2) is 4.39 Å². The van der Waals surface area contributed by atoms with Gasteiger partial charge in [-0.1, -0.05) is 12.5 Å². The van der Waals surface area contributed by atoms with Gasteiger partial charge in [0.25, 0.3) is 0 Å². The molecule has 1 aromatic rings. The number of nitrogens with zero attached hydrogens (tertiary/aromatic N) is 2. The number of hydrogen-bond donors (Lipinski definition) is 2. The Bertz CT molecular complexity index is 569. The molecule has 1 aliphatic carbocycles. The molecule has 1 heterocycles. The summed E-state index contributed by atoms with van der Waals surface area (Å²) in [6, 6.07) is 4.85. The molecule has 0 unspecified atom stereocenters. The topological polar surface area (TPSA) is 47.9 Å². The van der Waals surface area contributed by atoms with Crippen molar-refractivity contribution in [3.05, 3.63) is 35.1 Å². The van der Waals surface area contributed by atoms with Crippen LogP contribution in [0.5, 0.6) is 0 Å². The lowest BCUT2D eigenvalue weighted by Gasteiger charge is -2.38. The van der Waals surface area contributed by atoms with Crippen molar-refractivity contribution in [2.24, 2.45) is 10.4 Å². The molecule has 2 aliphatic rings. The monoisotopic (exact) mass is 305 g/mol. The van der Waals surface area contributed by atoms with Crippen LogP contribution in [0.3, 0.4) is 0 Å². The Labute approximate surface area is 131 Å². The third-order valence-electron chi connectivity index (χ3n) is 5.09. The van der Waals surface area contributed by atoms with Gasteiger partial charge in [0, 0.05) is 32.2 Å². The highest BCUT2D eigenvalue weighted by Crippen LogP contribution is 2.47. The lowest BCUT2D eigenvalue weighted by molar-refractivity contribution is 0.151.